The third kappa shape index (κ3) is 3.98. The number of esters is 1. The number of fused-ring (bicyclic) bond motifs is 1. The second-order valence-electron chi connectivity index (χ2n) is 5.17. The van der Waals surface area contributed by atoms with Crippen molar-refractivity contribution in [3.8, 4) is 11.5 Å². The fraction of sp³-hybridized carbons (Fsp3) is 0.333. The summed E-state index contributed by atoms with van der Waals surface area (Å²) >= 11 is 0. The van der Waals surface area contributed by atoms with Crippen LogP contribution in [0.25, 0.3) is 0 Å². The lowest BCUT2D eigenvalue weighted by atomic mass is 9.97. The normalized spacial score (nSPS) is 16.1. The molecule has 0 fully saturated rings. The first-order valence-electron chi connectivity index (χ1n) is 6.51. The van der Waals surface area contributed by atoms with E-state index in [1.807, 2.05) is 0 Å². The summed E-state index contributed by atoms with van der Waals surface area (Å²) in [6.07, 6.45) is 0.339. The van der Waals surface area contributed by atoms with Crippen LogP contribution in [0.15, 0.2) is 12.1 Å². The number of carbonyl (C=O) groups is 2. The highest BCUT2D eigenvalue weighted by Gasteiger charge is 2.49. The number of hydrogen-bond acceptors (Lipinski definition) is 8. The van der Waals surface area contributed by atoms with Crippen LogP contribution in [0.1, 0.15) is 24.2 Å². The predicted molar refractivity (Wildman–Crippen MR) is 78.3 cm³/mol. The van der Waals surface area contributed by atoms with Crippen LogP contribution >= 0.6 is 0 Å². The Bertz CT molecular complexity index is 823. The van der Waals surface area contributed by atoms with E-state index in [0.29, 0.717) is 6.19 Å². The molecule has 0 saturated carbocycles. The number of hydrogen-bond donors (Lipinski definition) is 1. The first-order chi connectivity index (χ1) is 11.4. The van der Waals surface area contributed by atoms with Gasteiger partial charge in [-0.1, -0.05) is 0 Å². The van der Waals surface area contributed by atoms with E-state index in [0.717, 1.165) is 13.5 Å². The smallest absolute Gasteiger partial charge is 0.452 e. The molecule has 135 valence electrons. The van der Waals surface area contributed by atoms with E-state index in [9.17, 15) is 31.2 Å². The van der Waals surface area contributed by atoms with Crippen LogP contribution in [-0.2, 0) is 19.6 Å². The monoisotopic (exact) mass is 380 g/mol. The SMILES string of the molecule is CC1(C)OC(=O)c2c(cc(N[B]C=O)cc2OS(=O)(=O)C(F)(F)F)O1. The van der Waals surface area contributed by atoms with Crippen molar-refractivity contribution < 1.29 is 44.8 Å². The maximum absolute atomic E-state index is 12.5. The maximum atomic E-state index is 12.5. The van der Waals surface area contributed by atoms with Gasteiger partial charge >= 0.3 is 29.0 Å². The van der Waals surface area contributed by atoms with Gasteiger partial charge in [0.25, 0.3) is 0 Å². The molecular formula is C12H10BF3NO7S. The number of benzene rings is 1. The molecule has 1 aromatic carbocycles. The van der Waals surface area contributed by atoms with E-state index in [2.05, 4.69) is 9.41 Å². The fourth-order valence-electron chi connectivity index (χ4n) is 1.88. The number of anilines is 1. The zero-order valence-electron chi connectivity index (χ0n) is 12.7. The molecule has 1 heterocycles. The highest BCUT2D eigenvalue weighted by atomic mass is 32.2. The summed E-state index contributed by atoms with van der Waals surface area (Å²) in [7, 11) is -5.16. The van der Waals surface area contributed by atoms with Crippen LogP contribution in [0.4, 0.5) is 18.9 Å². The molecule has 0 atom stereocenters. The van der Waals surface area contributed by atoms with E-state index in [-0.39, 0.29) is 11.4 Å². The third-order valence-electron chi connectivity index (χ3n) is 2.77. The molecule has 0 spiro atoms. The highest BCUT2D eigenvalue weighted by molar-refractivity contribution is 7.88. The van der Waals surface area contributed by atoms with Crippen molar-refractivity contribution in [2.45, 2.75) is 25.1 Å². The summed E-state index contributed by atoms with van der Waals surface area (Å²) < 4.78 is 74.3. The van der Waals surface area contributed by atoms with Gasteiger partial charge in [0.05, 0.1) is 0 Å². The number of halogens is 3. The van der Waals surface area contributed by atoms with Gasteiger partial charge < -0.3 is 23.7 Å². The molecule has 1 N–H and O–H groups in total. The van der Waals surface area contributed by atoms with Gasteiger partial charge in [-0.2, -0.15) is 21.6 Å². The number of carbonyl (C=O) groups excluding carboxylic acids is 2. The predicted octanol–water partition coefficient (Wildman–Crippen LogP) is 1.42. The van der Waals surface area contributed by atoms with Crippen LogP contribution in [0.3, 0.4) is 0 Å². The number of rotatable bonds is 5. The maximum Gasteiger partial charge on any atom is 0.534 e. The fourth-order valence-corrected chi connectivity index (χ4v) is 2.34. The molecule has 1 radical (unpaired) electrons. The standard InChI is InChI=1S/C12H10BF3NO7S/c1-11(2)22-7-3-6(17-13-5-18)4-8(9(7)10(19)23-11)24-25(20,21)12(14,15)16/h3-5,17H,1-2H3. The van der Waals surface area contributed by atoms with Gasteiger partial charge in [0.15, 0.2) is 5.75 Å². The largest absolute Gasteiger partial charge is 0.534 e. The summed E-state index contributed by atoms with van der Waals surface area (Å²) in [5.74, 6) is -3.82. The molecule has 2 rings (SSSR count). The van der Waals surface area contributed by atoms with Crippen molar-refractivity contribution in [3.63, 3.8) is 0 Å². The minimum Gasteiger partial charge on any atom is -0.452 e. The minimum atomic E-state index is -6.04. The Balaban J connectivity index is 2.58. The molecule has 0 bridgehead atoms. The van der Waals surface area contributed by atoms with Crippen LogP contribution in [0.2, 0.25) is 0 Å². The average Bonchev–Trinajstić information content (AvgIpc) is 2.41. The molecular weight excluding hydrogens is 370 g/mol. The van der Waals surface area contributed by atoms with Crippen molar-refractivity contribution in [1.29, 1.82) is 0 Å². The van der Waals surface area contributed by atoms with E-state index in [1.165, 1.54) is 19.9 Å². The lowest BCUT2D eigenvalue weighted by molar-refractivity contribution is -0.127. The molecule has 1 aromatic rings. The zero-order chi connectivity index (χ0) is 19.0. The average molecular weight is 380 g/mol. The van der Waals surface area contributed by atoms with Gasteiger partial charge in [-0.15, -0.1) is 0 Å². The molecule has 0 amide bonds. The molecule has 0 aliphatic carbocycles. The van der Waals surface area contributed by atoms with Crippen molar-refractivity contribution in [1.82, 2.24) is 0 Å². The summed E-state index contributed by atoms with van der Waals surface area (Å²) in [6, 6.07) is 1.95. The van der Waals surface area contributed by atoms with Gasteiger partial charge in [0.2, 0.25) is 5.79 Å². The van der Waals surface area contributed by atoms with Crippen molar-refractivity contribution in [3.05, 3.63) is 17.7 Å². The van der Waals surface area contributed by atoms with E-state index >= 15 is 0 Å². The van der Waals surface area contributed by atoms with E-state index in [1.54, 1.807) is 0 Å². The second-order valence-corrected chi connectivity index (χ2v) is 6.71. The Kier molecular flexibility index (Phi) is 4.64. The van der Waals surface area contributed by atoms with Crippen molar-refractivity contribution in [2.24, 2.45) is 0 Å². The minimum absolute atomic E-state index is 0.0521. The van der Waals surface area contributed by atoms with Gasteiger partial charge in [-0.05, 0) is 0 Å². The van der Waals surface area contributed by atoms with Crippen molar-refractivity contribution >= 4 is 35.4 Å². The van der Waals surface area contributed by atoms with Gasteiger partial charge in [0.1, 0.15) is 17.5 Å². The molecule has 1 aliphatic heterocycles. The quantitative estimate of drug-likeness (QED) is 0.269. The molecule has 0 aromatic heterocycles. The summed E-state index contributed by atoms with van der Waals surface area (Å²) in [6.45, 7) is 2.72. The number of cyclic esters (lactones) is 1. The van der Waals surface area contributed by atoms with E-state index < -0.39 is 38.7 Å². The van der Waals surface area contributed by atoms with Crippen LogP contribution in [0, 0.1) is 0 Å². The van der Waals surface area contributed by atoms with Gasteiger partial charge in [-0.25, -0.2) is 4.79 Å². The van der Waals surface area contributed by atoms with Crippen LogP contribution < -0.4 is 14.1 Å². The van der Waals surface area contributed by atoms with Crippen LogP contribution in [-0.4, -0.2) is 39.3 Å². The lowest BCUT2D eigenvalue weighted by Crippen LogP contribution is -2.39. The molecule has 13 heteroatoms. The Morgan fingerprint density at radius 1 is 1.28 bits per heavy atom. The first kappa shape index (κ1) is 18.9. The molecule has 1 aliphatic rings. The number of ether oxygens (including phenoxy) is 2. The Labute approximate surface area is 140 Å². The first-order valence-corrected chi connectivity index (χ1v) is 7.92. The Hall–Kier alpha value is -2.44. The summed E-state index contributed by atoms with van der Waals surface area (Å²) in [4.78, 5) is 22.4. The Morgan fingerprint density at radius 3 is 2.48 bits per heavy atom. The number of alkyl halides is 3. The summed E-state index contributed by atoms with van der Waals surface area (Å²) in [5, 5.41) is 2.37. The van der Waals surface area contributed by atoms with Gasteiger partial charge in [0, 0.05) is 31.7 Å². The summed E-state index contributed by atoms with van der Waals surface area (Å²) in [5.41, 5.74) is -6.40. The molecule has 0 saturated heterocycles. The topological polar surface area (TPSA) is 108 Å². The second kappa shape index (κ2) is 6.13. The van der Waals surface area contributed by atoms with Gasteiger partial charge in [-0.3, -0.25) is 0 Å². The zero-order valence-corrected chi connectivity index (χ0v) is 13.5. The van der Waals surface area contributed by atoms with Crippen molar-refractivity contribution in [2.75, 3.05) is 5.23 Å². The number of nitrogens with one attached hydrogen (secondary N) is 1. The molecule has 25 heavy (non-hydrogen) atoms. The third-order valence-corrected chi connectivity index (χ3v) is 3.73. The highest BCUT2D eigenvalue weighted by Crippen LogP contribution is 2.41. The molecule has 0 unspecified atom stereocenters. The molecule has 8 nitrogen and oxygen atoms in total. The Morgan fingerprint density at radius 2 is 1.92 bits per heavy atom. The van der Waals surface area contributed by atoms with E-state index in [4.69, 9.17) is 9.47 Å². The lowest BCUT2D eigenvalue weighted by Gasteiger charge is -2.32. The van der Waals surface area contributed by atoms with Crippen LogP contribution in [0.5, 0.6) is 11.5 Å².